The average molecular weight is 268 g/mol. The molecule has 3 N–H and O–H groups in total. The van der Waals surface area contributed by atoms with E-state index in [1.54, 1.807) is 0 Å². The van der Waals surface area contributed by atoms with Crippen molar-refractivity contribution in [2.75, 3.05) is 5.73 Å². The molecule has 0 saturated heterocycles. The van der Waals surface area contributed by atoms with Gasteiger partial charge in [0.15, 0.2) is 5.82 Å². The van der Waals surface area contributed by atoms with E-state index in [1.165, 1.54) is 0 Å². The van der Waals surface area contributed by atoms with Crippen molar-refractivity contribution in [2.45, 2.75) is 33.7 Å². The molecule has 104 valence electrons. The Morgan fingerprint density at radius 2 is 1.74 bits per heavy atom. The third-order valence-electron chi connectivity index (χ3n) is 4.64. The Balaban J connectivity index is 2.26. The van der Waals surface area contributed by atoms with Crippen LogP contribution >= 0.6 is 0 Å². The number of nitrogens with one attached hydrogen (secondary N) is 1. The highest BCUT2D eigenvalue weighted by atomic mass is 19.1. The monoisotopic (exact) mass is 268 g/mol. The fraction of sp³-hybridized carbons (Fsp3) is 0.500. The van der Waals surface area contributed by atoms with Crippen molar-refractivity contribution in [2.24, 2.45) is 10.8 Å². The SMILES string of the molecule is CC1(C)C(NC(=O)c2c(F)ccc(N)c2F)C1(C)C. The summed E-state index contributed by atoms with van der Waals surface area (Å²) >= 11 is 0. The van der Waals surface area contributed by atoms with E-state index in [2.05, 4.69) is 5.32 Å². The summed E-state index contributed by atoms with van der Waals surface area (Å²) in [7, 11) is 0. The quantitative estimate of drug-likeness (QED) is 0.810. The molecule has 2 rings (SSSR count). The Morgan fingerprint density at radius 1 is 1.21 bits per heavy atom. The molecular formula is C14H18F2N2O. The molecule has 1 saturated carbocycles. The molecule has 0 atom stereocenters. The van der Waals surface area contributed by atoms with Gasteiger partial charge in [-0.3, -0.25) is 4.79 Å². The topological polar surface area (TPSA) is 55.1 Å². The zero-order valence-corrected chi connectivity index (χ0v) is 11.5. The van der Waals surface area contributed by atoms with Gasteiger partial charge in [-0.2, -0.15) is 0 Å². The van der Waals surface area contributed by atoms with E-state index in [1.807, 2.05) is 27.7 Å². The normalized spacial score (nSPS) is 20.1. The van der Waals surface area contributed by atoms with Crippen LogP contribution in [0.3, 0.4) is 0 Å². The summed E-state index contributed by atoms with van der Waals surface area (Å²) in [6.07, 6.45) is 0. The molecule has 1 amide bonds. The van der Waals surface area contributed by atoms with Gasteiger partial charge < -0.3 is 11.1 Å². The molecule has 1 aliphatic carbocycles. The second-order valence-corrected chi connectivity index (χ2v) is 6.18. The smallest absolute Gasteiger partial charge is 0.257 e. The number of hydrogen-bond donors (Lipinski definition) is 2. The zero-order chi connectivity index (χ0) is 14.6. The third-order valence-corrected chi connectivity index (χ3v) is 4.64. The van der Waals surface area contributed by atoms with Gasteiger partial charge in [0.25, 0.3) is 5.91 Å². The number of rotatable bonds is 2. The highest BCUT2D eigenvalue weighted by Crippen LogP contribution is 2.62. The van der Waals surface area contributed by atoms with Crippen LogP contribution in [0.5, 0.6) is 0 Å². The number of amides is 1. The van der Waals surface area contributed by atoms with Crippen LogP contribution in [0.4, 0.5) is 14.5 Å². The van der Waals surface area contributed by atoms with Gasteiger partial charge in [-0.25, -0.2) is 8.78 Å². The fourth-order valence-corrected chi connectivity index (χ4v) is 2.54. The number of benzene rings is 1. The van der Waals surface area contributed by atoms with E-state index in [0.717, 1.165) is 12.1 Å². The van der Waals surface area contributed by atoms with Crippen LogP contribution in [0, 0.1) is 22.5 Å². The van der Waals surface area contributed by atoms with E-state index in [-0.39, 0.29) is 22.6 Å². The summed E-state index contributed by atoms with van der Waals surface area (Å²) in [6.45, 7) is 8.02. The largest absolute Gasteiger partial charge is 0.396 e. The van der Waals surface area contributed by atoms with Crippen molar-refractivity contribution in [3.63, 3.8) is 0 Å². The van der Waals surface area contributed by atoms with Gasteiger partial charge in [0.1, 0.15) is 11.4 Å². The Hall–Kier alpha value is -1.65. The number of hydrogen-bond acceptors (Lipinski definition) is 2. The predicted octanol–water partition coefficient (Wildman–Crippen LogP) is 2.71. The van der Waals surface area contributed by atoms with Crippen molar-refractivity contribution in [1.29, 1.82) is 0 Å². The predicted molar refractivity (Wildman–Crippen MR) is 69.6 cm³/mol. The van der Waals surface area contributed by atoms with Crippen LogP contribution in [-0.2, 0) is 0 Å². The summed E-state index contributed by atoms with van der Waals surface area (Å²) < 4.78 is 27.3. The number of carbonyl (C=O) groups excluding carboxylic acids is 1. The first-order valence-corrected chi connectivity index (χ1v) is 6.15. The fourth-order valence-electron chi connectivity index (χ4n) is 2.54. The van der Waals surface area contributed by atoms with E-state index in [9.17, 15) is 13.6 Å². The highest BCUT2D eigenvalue weighted by molar-refractivity contribution is 5.96. The van der Waals surface area contributed by atoms with E-state index in [0.29, 0.717) is 0 Å². The molecule has 1 aromatic carbocycles. The molecule has 0 radical (unpaired) electrons. The van der Waals surface area contributed by atoms with Crippen LogP contribution in [0.1, 0.15) is 38.1 Å². The van der Waals surface area contributed by atoms with Gasteiger partial charge >= 0.3 is 0 Å². The summed E-state index contributed by atoms with van der Waals surface area (Å²) in [5.41, 5.74) is 4.31. The number of nitrogen functional groups attached to an aromatic ring is 1. The maximum atomic E-state index is 13.7. The highest BCUT2D eigenvalue weighted by Gasteiger charge is 2.65. The Labute approximate surface area is 111 Å². The lowest BCUT2D eigenvalue weighted by Gasteiger charge is -2.09. The first-order chi connectivity index (χ1) is 8.60. The molecule has 0 aromatic heterocycles. The van der Waals surface area contributed by atoms with Crippen molar-refractivity contribution in [3.8, 4) is 0 Å². The Bertz CT molecular complexity index is 539. The van der Waals surface area contributed by atoms with Crippen molar-refractivity contribution in [1.82, 2.24) is 5.32 Å². The van der Waals surface area contributed by atoms with Gasteiger partial charge in [0.05, 0.1) is 5.69 Å². The molecule has 0 spiro atoms. The van der Waals surface area contributed by atoms with E-state index in [4.69, 9.17) is 5.73 Å². The van der Waals surface area contributed by atoms with E-state index >= 15 is 0 Å². The minimum absolute atomic E-state index is 0.101. The molecule has 5 heteroatoms. The van der Waals surface area contributed by atoms with Crippen molar-refractivity contribution in [3.05, 3.63) is 29.3 Å². The van der Waals surface area contributed by atoms with Gasteiger partial charge in [0.2, 0.25) is 0 Å². The molecular weight excluding hydrogens is 250 g/mol. The molecule has 0 heterocycles. The van der Waals surface area contributed by atoms with Crippen LogP contribution in [0.2, 0.25) is 0 Å². The van der Waals surface area contributed by atoms with Gasteiger partial charge in [0, 0.05) is 6.04 Å². The lowest BCUT2D eigenvalue weighted by molar-refractivity contribution is 0.0935. The molecule has 0 unspecified atom stereocenters. The molecule has 0 aliphatic heterocycles. The number of nitrogens with two attached hydrogens (primary N) is 1. The number of anilines is 1. The van der Waals surface area contributed by atoms with Crippen molar-refractivity contribution < 1.29 is 13.6 Å². The summed E-state index contributed by atoms with van der Waals surface area (Å²) in [5, 5.41) is 2.69. The maximum Gasteiger partial charge on any atom is 0.257 e. The molecule has 19 heavy (non-hydrogen) atoms. The van der Waals surface area contributed by atoms with Gasteiger partial charge in [-0.1, -0.05) is 27.7 Å². The van der Waals surface area contributed by atoms with Gasteiger partial charge in [-0.15, -0.1) is 0 Å². The van der Waals surface area contributed by atoms with Crippen molar-refractivity contribution >= 4 is 11.6 Å². The van der Waals surface area contributed by atoms with E-state index < -0.39 is 23.1 Å². The van der Waals surface area contributed by atoms with Gasteiger partial charge in [-0.05, 0) is 23.0 Å². The lowest BCUT2D eigenvalue weighted by atomic mass is 10.0. The Kier molecular flexibility index (Phi) is 2.84. The molecule has 1 aliphatic rings. The molecule has 1 fully saturated rings. The minimum atomic E-state index is -1.01. The number of halogens is 2. The standard InChI is InChI=1S/C14H18F2N2O/c1-13(2)12(14(13,3)4)18-11(19)9-7(15)5-6-8(17)10(9)16/h5-6,12H,17H2,1-4H3,(H,18,19). The minimum Gasteiger partial charge on any atom is -0.396 e. The van der Waals surface area contributed by atoms with Crippen LogP contribution in [0.15, 0.2) is 12.1 Å². The number of carbonyl (C=O) groups is 1. The lowest BCUT2D eigenvalue weighted by Crippen LogP contribution is -2.31. The second-order valence-electron chi connectivity index (χ2n) is 6.18. The second kappa shape index (κ2) is 3.92. The third kappa shape index (κ3) is 1.88. The van der Waals surface area contributed by atoms with Crippen LogP contribution in [-0.4, -0.2) is 11.9 Å². The summed E-state index contributed by atoms with van der Waals surface area (Å²) in [5.74, 6) is -2.67. The summed E-state index contributed by atoms with van der Waals surface area (Å²) in [4.78, 5) is 12.0. The van der Waals surface area contributed by atoms with Crippen LogP contribution < -0.4 is 11.1 Å². The maximum absolute atomic E-state index is 13.7. The average Bonchev–Trinajstić information content (AvgIpc) is 2.67. The first-order valence-electron chi connectivity index (χ1n) is 6.15. The molecule has 3 nitrogen and oxygen atoms in total. The Morgan fingerprint density at radius 3 is 2.21 bits per heavy atom. The first kappa shape index (κ1) is 13.8. The zero-order valence-electron chi connectivity index (χ0n) is 11.5. The summed E-state index contributed by atoms with van der Waals surface area (Å²) in [6, 6.07) is 1.98. The van der Waals surface area contributed by atoms with Crippen LogP contribution in [0.25, 0.3) is 0 Å². The molecule has 1 aromatic rings. The molecule has 0 bridgehead atoms.